The van der Waals surface area contributed by atoms with Crippen molar-refractivity contribution >= 4 is 33.4 Å². The van der Waals surface area contributed by atoms with Crippen LogP contribution in [-0.2, 0) is 26.7 Å². The first kappa shape index (κ1) is 27.6. The number of nitrogens with one attached hydrogen (secondary N) is 1. The Labute approximate surface area is 213 Å². The number of alkyl halides is 3. The van der Waals surface area contributed by atoms with Crippen LogP contribution in [0.15, 0.2) is 83.8 Å². The van der Waals surface area contributed by atoms with Crippen LogP contribution in [0.5, 0.6) is 0 Å². The van der Waals surface area contributed by atoms with Crippen molar-refractivity contribution in [1.82, 2.24) is 5.32 Å². The molecule has 5 nitrogen and oxygen atoms in total. The van der Waals surface area contributed by atoms with Gasteiger partial charge < -0.3 is 5.32 Å². The normalized spacial score (nSPS) is 11.8. The number of nitrogens with zero attached hydrogens (tertiary/aromatic N) is 1. The van der Waals surface area contributed by atoms with Gasteiger partial charge in [-0.3, -0.25) is 9.10 Å². The number of benzene rings is 3. The molecule has 1 N–H and O–H groups in total. The second-order valence-electron chi connectivity index (χ2n) is 8.11. The number of hydrogen-bond acceptors (Lipinski definition) is 4. The van der Waals surface area contributed by atoms with Crippen molar-refractivity contribution in [3.8, 4) is 0 Å². The third-order valence-electron chi connectivity index (χ3n) is 5.26. The molecule has 3 aromatic rings. The minimum absolute atomic E-state index is 0.115. The number of carbonyl (C=O) groups is 1. The molecule has 0 aromatic heterocycles. The van der Waals surface area contributed by atoms with Crippen LogP contribution in [0.1, 0.15) is 23.1 Å². The van der Waals surface area contributed by atoms with E-state index in [-0.39, 0.29) is 10.6 Å². The molecule has 0 saturated heterocycles. The first-order valence-corrected chi connectivity index (χ1v) is 13.8. The molecule has 0 radical (unpaired) electrons. The van der Waals surface area contributed by atoms with Crippen molar-refractivity contribution in [2.24, 2.45) is 0 Å². The zero-order valence-electron chi connectivity index (χ0n) is 19.7. The SMILES string of the molecule is Cc1ccc(S(=O)(=O)N(CC(=O)NCCCSCc2ccccc2)c2cccc(C(F)(F)F)c2)cc1. The molecule has 192 valence electrons. The molecular weight excluding hydrogens is 509 g/mol. The van der Waals surface area contributed by atoms with Crippen molar-refractivity contribution in [3.63, 3.8) is 0 Å². The number of anilines is 1. The van der Waals surface area contributed by atoms with E-state index in [0.29, 0.717) is 17.3 Å². The van der Waals surface area contributed by atoms with E-state index in [0.717, 1.165) is 35.3 Å². The lowest BCUT2D eigenvalue weighted by molar-refractivity contribution is -0.137. The summed E-state index contributed by atoms with van der Waals surface area (Å²) in [5, 5.41) is 2.68. The lowest BCUT2D eigenvalue weighted by Crippen LogP contribution is -2.41. The zero-order valence-corrected chi connectivity index (χ0v) is 21.3. The molecule has 0 heterocycles. The minimum atomic E-state index is -4.66. The van der Waals surface area contributed by atoms with Gasteiger partial charge in [-0.2, -0.15) is 24.9 Å². The number of sulfonamides is 1. The van der Waals surface area contributed by atoms with Crippen molar-refractivity contribution in [2.75, 3.05) is 23.1 Å². The molecule has 1 amide bonds. The fraction of sp³-hybridized carbons (Fsp3) is 0.269. The fourth-order valence-electron chi connectivity index (χ4n) is 3.34. The standard InChI is InChI=1S/C26H27F3N2O3S2/c1-20-11-13-24(14-12-20)36(33,34)31(23-10-5-9-22(17-23)26(27,28)29)18-25(32)30-15-6-16-35-19-21-7-3-2-4-8-21/h2-5,7-14,17H,6,15-16,18-19H2,1H3,(H,30,32). The van der Waals surface area contributed by atoms with Gasteiger partial charge in [0.05, 0.1) is 16.1 Å². The van der Waals surface area contributed by atoms with Gasteiger partial charge in [0.2, 0.25) is 5.91 Å². The number of carbonyl (C=O) groups excluding carboxylic acids is 1. The molecule has 3 rings (SSSR count). The molecule has 0 unspecified atom stereocenters. The number of aryl methyl sites for hydroxylation is 1. The quantitative estimate of drug-likeness (QED) is 0.322. The fourth-order valence-corrected chi connectivity index (χ4v) is 5.68. The monoisotopic (exact) mass is 536 g/mol. The molecule has 0 spiro atoms. The summed E-state index contributed by atoms with van der Waals surface area (Å²) in [6.07, 6.45) is -3.99. The summed E-state index contributed by atoms with van der Waals surface area (Å²) >= 11 is 1.71. The maximum absolute atomic E-state index is 13.4. The van der Waals surface area contributed by atoms with Gasteiger partial charge in [-0.25, -0.2) is 8.42 Å². The summed E-state index contributed by atoms with van der Waals surface area (Å²) in [7, 11) is -4.30. The Bertz CT molecular complexity index is 1250. The van der Waals surface area contributed by atoms with Gasteiger partial charge in [-0.05, 0) is 55.0 Å². The van der Waals surface area contributed by atoms with Crippen LogP contribution in [0.25, 0.3) is 0 Å². The predicted molar refractivity (Wildman–Crippen MR) is 137 cm³/mol. The first-order chi connectivity index (χ1) is 17.1. The molecule has 3 aromatic carbocycles. The Hall–Kier alpha value is -2.98. The van der Waals surface area contributed by atoms with Gasteiger partial charge in [0, 0.05) is 12.3 Å². The second kappa shape index (κ2) is 12.3. The van der Waals surface area contributed by atoms with Crippen LogP contribution < -0.4 is 9.62 Å². The molecule has 0 aliphatic carbocycles. The Kier molecular flexibility index (Phi) is 9.44. The maximum atomic E-state index is 13.4. The molecule has 0 bridgehead atoms. The maximum Gasteiger partial charge on any atom is 0.416 e. The predicted octanol–water partition coefficient (Wildman–Crippen LogP) is 5.65. The molecule has 0 aliphatic heterocycles. The largest absolute Gasteiger partial charge is 0.416 e. The molecule has 0 fully saturated rings. The third-order valence-corrected chi connectivity index (χ3v) is 8.16. The van der Waals surface area contributed by atoms with Crippen LogP contribution in [0.3, 0.4) is 0 Å². The highest BCUT2D eigenvalue weighted by molar-refractivity contribution is 7.98. The highest BCUT2D eigenvalue weighted by Gasteiger charge is 2.33. The van der Waals surface area contributed by atoms with Crippen LogP contribution >= 0.6 is 11.8 Å². The Morgan fingerprint density at radius 3 is 2.33 bits per heavy atom. The number of thioether (sulfide) groups is 1. The average molecular weight is 537 g/mol. The van der Waals surface area contributed by atoms with E-state index in [1.165, 1.54) is 23.8 Å². The molecule has 0 atom stereocenters. The minimum Gasteiger partial charge on any atom is -0.354 e. The molecule has 0 aliphatic rings. The van der Waals surface area contributed by atoms with Gasteiger partial charge in [-0.1, -0.05) is 54.1 Å². The summed E-state index contributed by atoms with van der Waals surface area (Å²) < 4.78 is 67.3. The van der Waals surface area contributed by atoms with Crippen LogP contribution in [-0.4, -0.2) is 33.2 Å². The van der Waals surface area contributed by atoms with E-state index in [9.17, 15) is 26.4 Å². The Morgan fingerprint density at radius 2 is 1.67 bits per heavy atom. The van der Waals surface area contributed by atoms with E-state index >= 15 is 0 Å². The summed E-state index contributed by atoms with van der Waals surface area (Å²) in [6.45, 7) is 1.46. The summed E-state index contributed by atoms with van der Waals surface area (Å²) in [5.74, 6) is 1.03. The lowest BCUT2D eigenvalue weighted by Gasteiger charge is -2.25. The van der Waals surface area contributed by atoms with E-state index in [4.69, 9.17) is 0 Å². The number of amides is 1. The average Bonchev–Trinajstić information content (AvgIpc) is 2.85. The Balaban J connectivity index is 1.69. The topological polar surface area (TPSA) is 66.5 Å². The van der Waals surface area contributed by atoms with Crippen molar-refractivity contribution in [3.05, 3.63) is 95.6 Å². The molecular formula is C26H27F3N2O3S2. The van der Waals surface area contributed by atoms with Crippen LogP contribution in [0.2, 0.25) is 0 Å². The third kappa shape index (κ3) is 7.76. The lowest BCUT2D eigenvalue weighted by atomic mass is 10.2. The number of rotatable bonds is 11. The summed E-state index contributed by atoms with van der Waals surface area (Å²) in [6, 6.07) is 19.8. The van der Waals surface area contributed by atoms with E-state index < -0.39 is 34.2 Å². The van der Waals surface area contributed by atoms with E-state index in [2.05, 4.69) is 5.32 Å². The zero-order chi connectivity index (χ0) is 26.2. The molecule has 0 saturated carbocycles. The highest BCUT2D eigenvalue weighted by Crippen LogP contribution is 2.33. The Morgan fingerprint density at radius 1 is 0.972 bits per heavy atom. The summed E-state index contributed by atoms with van der Waals surface area (Å²) in [4.78, 5) is 12.5. The van der Waals surface area contributed by atoms with Crippen molar-refractivity contribution < 1.29 is 26.4 Å². The smallest absolute Gasteiger partial charge is 0.354 e. The number of halogens is 3. The van der Waals surface area contributed by atoms with Gasteiger partial charge in [0.1, 0.15) is 6.54 Å². The van der Waals surface area contributed by atoms with Crippen LogP contribution in [0, 0.1) is 6.92 Å². The molecule has 36 heavy (non-hydrogen) atoms. The molecule has 10 heteroatoms. The summed E-state index contributed by atoms with van der Waals surface area (Å²) in [5.41, 5.74) is 0.783. The van der Waals surface area contributed by atoms with E-state index in [1.54, 1.807) is 30.8 Å². The van der Waals surface area contributed by atoms with Gasteiger partial charge in [-0.15, -0.1) is 0 Å². The van der Waals surface area contributed by atoms with Crippen molar-refractivity contribution in [2.45, 2.75) is 30.2 Å². The van der Waals surface area contributed by atoms with Gasteiger partial charge in [0.25, 0.3) is 10.0 Å². The highest BCUT2D eigenvalue weighted by atomic mass is 32.2. The number of hydrogen-bond donors (Lipinski definition) is 1. The van der Waals surface area contributed by atoms with E-state index in [1.807, 2.05) is 30.3 Å². The van der Waals surface area contributed by atoms with Crippen molar-refractivity contribution in [1.29, 1.82) is 0 Å². The van der Waals surface area contributed by atoms with Crippen LogP contribution in [0.4, 0.5) is 18.9 Å². The van der Waals surface area contributed by atoms with Gasteiger partial charge >= 0.3 is 6.18 Å². The van der Waals surface area contributed by atoms with Gasteiger partial charge in [0.15, 0.2) is 0 Å². The second-order valence-corrected chi connectivity index (χ2v) is 11.1. The first-order valence-electron chi connectivity index (χ1n) is 11.2.